The Kier molecular flexibility index (Phi) is 6.09. The minimum Gasteiger partial charge on any atom is -0.481 e. The molecule has 2 fully saturated rings. The zero-order chi connectivity index (χ0) is 23.7. The summed E-state index contributed by atoms with van der Waals surface area (Å²) in [5, 5.41) is 14.5. The van der Waals surface area contributed by atoms with E-state index in [0.717, 1.165) is 5.56 Å². The molecule has 5 rings (SSSR count). The maximum absolute atomic E-state index is 12.0. The van der Waals surface area contributed by atoms with Crippen molar-refractivity contribution in [1.82, 2.24) is 24.8 Å². The van der Waals surface area contributed by atoms with Crippen LogP contribution in [0.4, 0.5) is 10.6 Å². The molecule has 0 aliphatic carbocycles. The lowest BCUT2D eigenvalue weighted by Gasteiger charge is -2.21. The van der Waals surface area contributed by atoms with Gasteiger partial charge in [0.1, 0.15) is 18.5 Å². The van der Waals surface area contributed by atoms with Crippen molar-refractivity contribution in [3.8, 4) is 0 Å². The van der Waals surface area contributed by atoms with Gasteiger partial charge in [0.2, 0.25) is 0 Å². The van der Waals surface area contributed by atoms with Gasteiger partial charge in [-0.2, -0.15) is 0 Å². The number of hydrogen-bond donors (Lipinski definition) is 3. The number of imidazole rings is 1. The summed E-state index contributed by atoms with van der Waals surface area (Å²) in [6.07, 6.45) is 0.337. The Labute approximate surface area is 194 Å². The van der Waals surface area contributed by atoms with Gasteiger partial charge in [0.25, 0.3) is 0 Å². The zero-order valence-electron chi connectivity index (χ0n) is 18.3. The van der Waals surface area contributed by atoms with Crippen molar-refractivity contribution in [3.63, 3.8) is 0 Å². The van der Waals surface area contributed by atoms with Crippen molar-refractivity contribution in [1.29, 1.82) is 0 Å². The van der Waals surface area contributed by atoms with Gasteiger partial charge in [-0.05, 0) is 13.3 Å². The second kappa shape index (κ2) is 9.33. The fourth-order valence-corrected chi connectivity index (χ4v) is 4.27. The van der Waals surface area contributed by atoms with Crippen molar-refractivity contribution in [3.05, 3.63) is 48.5 Å². The third kappa shape index (κ3) is 4.18. The zero-order valence-corrected chi connectivity index (χ0v) is 18.3. The number of carboxylic acids is 1. The Balaban J connectivity index is 1.45. The van der Waals surface area contributed by atoms with Crippen LogP contribution in [0.1, 0.15) is 37.8 Å². The number of ether oxygens (including phenoxy) is 3. The number of aromatic nitrogens is 4. The van der Waals surface area contributed by atoms with E-state index in [2.05, 4.69) is 25.6 Å². The summed E-state index contributed by atoms with van der Waals surface area (Å²) in [4.78, 5) is 36.0. The first-order valence-electron chi connectivity index (χ1n) is 11.0. The van der Waals surface area contributed by atoms with Crippen molar-refractivity contribution < 1.29 is 28.9 Å². The first kappa shape index (κ1) is 22.2. The molecule has 2 amide bonds. The lowest BCUT2D eigenvalue weighted by molar-refractivity contribution is -0.151. The quantitative estimate of drug-likeness (QED) is 0.474. The second-order valence-corrected chi connectivity index (χ2v) is 7.97. The molecular formula is C22H24N6O6. The Morgan fingerprint density at radius 3 is 2.65 bits per heavy atom. The van der Waals surface area contributed by atoms with Crippen LogP contribution in [0.25, 0.3) is 11.2 Å². The molecule has 2 aliphatic heterocycles. The van der Waals surface area contributed by atoms with Gasteiger partial charge in [0, 0.05) is 18.5 Å². The topological polar surface area (TPSA) is 150 Å². The first-order valence-corrected chi connectivity index (χ1v) is 11.0. The number of hydrogen-bond acceptors (Lipinski definition) is 8. The summed E-state index contributed by atoms with van der Waals surface area (Å²) in [5.41, 5.74) is 1.69. The summed E-state index contributed by atoms with van der Waals surface area (Å²) in [7, 11) is 0. The Bertz CT molecular complexity index is 1190. The van der Waals surface area contributed by atoms with E-state index in [0.29, 0.717) is 17.7 Å². The second-order valence-electron chi connectivity index (χ2n) is 7.97. The van der Waals surface area contributed by atoms with E-state index < -0.39 is 42.8 Å². The molecule has 3 aromatic rings. The molecule has 4 heterocycles. The fraction of sp³-hybridized carbons (Fsp3) is 0.409. The van der Waals surface area contributed by atoms with Crippen molar-refractivity contribution in [2.24, 2.45) is 0 Å². The summed E-state index contributed by atoms with van der Waals surface area (Å²) in [5.74, 6) is -0.651. The van der Waals surface area contributed by atoms with Gasteiger partial charge >= 0.3 is 12.0 Å². The van der Waals surface area contributed by atoms with E-state index in [-0.39, 0.29) is 18.7 Å². The van der Waals surface area contributed by atoms with Crippen LogP contribution in [-0.4, -0.2) is 61.5 Å². The van der Waals surface area contributed by atoms with Gasteiger partial charge in [0.15, 0.2) is 29.5 Å². The van der Waals surface area contributed by atoms with Gasteiger partial charge < -0.3 is 24.6 Å². The van der Waals surface area contributed by atoms with E-state index >= 15 is 0 Å². The normalized spacial score (nSPS) is 25.9. The van der Waals surface area contributed by atoms with E-state index in [1.807, 2.05) is 37.3 Å². The monoisotopic (exact) mass is 468 g/mol. The third-order valence-electron chi connectivity index (χ3n) is 5.76. The third-order valence-corrected chi connectivity index (χ3v) is 5.76. The summed E-state index contributed by atoms with van der Waals surface area (Å²) in [6, 6.07) is 9.12. The van der Waals surface area contributed by atoms with Crippen LogP contribution >= 0.6 is 0 Å². The van der Waals surface area contributed by atoms with Gasteiger partial charge in [-0.15, -0.1) is 0 Å². The van der Waals surface area contributed by atoms with Crippen molar-refractivity contribution in [2.75, 3.05) is 11.9 Å². The summed E-state index contributed by atoms with van der Waals surface area (Å²) in [6.45, 7) is 2.27. The molecule has 12 heteroatoms. The highest BCUT2D eigenvalue weighted by atomic mass is 16.8. The molecule has 0 radical (unpaired) electrons. The number of rotatable bonds is 7. The first-order chi connectivity index (χ1) is 16.5. The van der Waals surface area contributed by atoms with Crippen LogP contribution in [0, 0.1) is 0 Å². The lowest BCUT2D eigenvalue weighted by Crippen LogP contribution is -2.29. The molecule has 1 unspecified atom stereocenters. The number of carbonyl (C=O) groups excluding carboxylic acids is 1. The number of nitrogens with zero attached hydrogens (tertiary/aromatic N) is 4. The number of carboxylic acid groups (broad SMARTS) is 1. The Morgan fingerprint density at radius 1 is 1.09 bits per heavy atom. The average Bonchev–Trinajstić information content (AvgIpc) is 3.53. The summed E-state index contributed by atoms with van der Waals surface area (Å²) < 4.78 is 20.4. The molecule has 34 heavy (non-hydrogen) atoms. The van der Waals surface area contributed by atoms with E-state index in [4.69, 9.17) is 14.2 Å². The van der Waals surface area contributed by atoms with Gasteiger partial charge in [0.05, 0.1) is 12.4 Å². The van der Waals surface area contributed by atoms with Crippen LogP contribution in [0.2, 0.25) is 0 Å². The molecule has 2 aliphatic rings. The molecule has 1 aromatic carbocycles. The predicted molar refractivity (Wildman–Crippen MR) is 118 cm³/mol. The molecule has 2 saturated heterocycles. The molecule has 0 bridgehead atoms. The number of amides is 2. The largest absolute Gasteiger partial charge is 0.481 e. The van der Waals surface area contributed by atoms with E-state index in [1.54, 1.807) is 10.9 Å². The molecule has 2 aromatic heterocycles. The maximum atomic E-state index is 12.0. The smallest absolute Gasteiger partial charge is 0.320 e. The van der Waals surface area contributed by atoms with Crippen LogP contribution in [0.3, 0.4) is 0 Å². The van der Waals surface area contributed by atoms with Gasteiger partial charge in [-0.3, -0.25) is 14.7 Å². The number of fused-ring (bicyclic) bond motifs is 2. The van der Waals surface area contributed by atoms with Crippen molar-refractivity contribution in [2.45, 2.75) is 50.6 Å². The number of benzene rings is 1. The molecule has 178 valence electrons. The van der Waals surface area contributed by atoms with Crippen LogP contribution in [-0.2, 0) is 19.0 Å². The van der Waals surface area contributed by atoms with E-state index in [9.17, 15) is 14.7 Å². The number of aliphatic carboxylic acids is 1. The molecule has 3 N–H and O–H groups in total. The lowest BCUT2D eigenvalue weighted by atomic mass is 10.1. The van der Waals surface area contributed by atoms with Crippen LogP contribution in [0.15, 0.2) is 43.0 Å². The Hall–Kier alpha value is -3.61. The number of carbonyl (C=O) groups is 2. The average molecular weight is 468 g/mol. The summed E-state index contributed by atoms with van der Waals surface area (Å²) >= 11 is 0. The Morgan fingerprint density at radius 2 is 1.88 bits per heavy atom. The van der Waals surface area contributed by atoms with E-state index in [1.165, 1.54) is 6.33 Å². The van der Waals surface area contributed by atoms with Crippen LogP contribution in [0.5, 0.6) is 0 Å². The van der Waals surface area contributed by atoms with Crippen LogP contribution < -0.4 is 10.6 Å². The SMILES string of the molecule is CCNC(=O)Nc1ncnc2c1ncn2[C@@H]1O[C@H](CCC(=O)O)C2O[C@@H](c3ccccc3)O[C@@H]21. The molecular weight excluding hydrogens is 444 g/mol. The highest BCUT2D eigenvalue weighted by molar-refractivity contribution is 5.95. The predicted octanol–water partition coefficient (Wildman–Crippen LogP) is 2.21. The van der Waals surface area contributed by atoms with Gasteiger partial charge in [-0.25, -0.2) is 19.7 Å². The molecule has 0 spiro atoms. The highest BCUT2D eigenvalue weighted by Gasteiger charge is 2.53. The minimum atomic E-state index is -0.913. The molecule has 0 saturated carbocycles. The number of urea groups is 1. The number of nitrogens with one attached hydrogen (secondary N) is 2. The standard InChI is InChI=1S/C22H24N6O6/c1-2-23-22(31)27-18-15-19(25-10-24-18)28(11-26-15)20-17-16(13(32-20)8-9-14(29)30)33-21(34-17)12-6-4-3-5-7-12/h3-7,10-11,13,16-17,20-21H,2,8-9H2,1H3,(H,29,30)(H2,23,24,25,27,31)/t13-,16?,17+,20-,21-/m1/s1. The maximum Gasteiger partial charge on any atom is 0.320 e. The van der Waals surface area contributed by atoms with Crippen molar-refractivity contribution >= 4 is 29.0 Å². The highest BCUT2D eigenvalue weighted by Crippen LogP contribution is 2.45. The fourth-order valence-electron chi connectivity index (χ4n) is 4.27. The molecule has 5 atom stereocenters. The molecule has 12 nitrogen and oxygen atoms in total. The van der Waals surface area contributed by atoms with Gasteiger partial charge in [-0.1, -0.05) is 30.3 Å². The minimum absolute atomic E-state index is 0.0621. The number of anilines is 1.